The maximum Gasteiger partial charge on any atom is 0.261 e. The molecule has 0 radical (unpaired) electrons. The standard InChI is InChI=1S/C22H19N3O3/c1-14(26)16-3-2-4-17(11-16)18-7-10-24-22-19(18)12-20(28-22)21(27)25-13-15-5-8-23-9-6-15/h2-11,20H,12-13H2,1H3,(H,25,27). The number of amides is 1. The molecule has 2 aromatic heterocycles. The summed E-state index contributed by atoms with van der Waals surface area (Å²) in [6.45, 7) is 1.96. The number of benzene rings is 1. The first-order valence-corrected chi connectivity index (χ1v) is 9.04. The molecular weight excluding hydrogens is 354 g/mol. The first kappa shape index (κ1) is 17.9. The van der Waals surface area contributed by atoms with Crippen LogP contribution in [-0.4, -0.2) is 27.8 Å². The minimum absolute atomic E-state index is 0.0113. The first-order valence-electron chi connectivity index (χ1n) is 9.04. The number of aromatic nitrogens is 2. The highest BCUT2D eigenvalue weighted by Gasteiger charge is 2.32. The van der Waals surface area contributed by atoms with Gasteiger partial charge in [-0.05, 0) is 47.9 Å². The van der Waals surface area contributed by atoms with E-state index in [0.717, 1.165) is 22.3 Å². The van der Waals surface area contributed by atoms with Gasteiger partial charge in [0.25, 0.3) is 5.91 Å². The second-order valence-corrected chi connectivity index (χ2v) is 6.66. The molecule has 6 heteroatoms. The average molecular weight is 373 g/mol. The van der Waals surface area contributed by atoms with Crippen LogP contribution in [0.5, 0.6) is 5.88 Å². The van der Waals surface area contributed by atoms with Gasteiger partial charge in [0.2, 0.25) is 5.88 Å². The molecule has 6 nitrogen and oxygen atoms in total. The van der Waals surface area contributed by atoms with Gasteiger partial charge >= 0.3 is 0 Å². The molecule has 1 aromatic carbocycles. The molecular formula is C22H19N3O3. The van der Waals surface area contributed by atoms with Gasteiger partial charge in [0.05, 0.1) is 0 Å². The van der Waals surface area contributed by atoms with Gasteiger partial charge in [-0.3, -0.25) is 14.6 Å². The lowest BCUT2D eigenvalue weighted by molar-refractivity contribution is -0.127. The van der Waals surface area contributed by atoms with Gasteiger partial charge in [-0.2, -0.15) is 0 Å². The normalized spacial score (nSPS) is 14.8. The van der Waals surface area contributed by atoms with Crippen molar-refractivity contribution < 1.29 is 14.3 Å². The van der Waals surface area contributed by atoms with Crippen LogP contribution in [-0.2, 0) is 17.8 Å². The predicted molar refractivity (Wildman–Crippen MR) is 104 cm³/mol. The van der Waals surface area contributed by atoms with Crippen molar-refractivity contribution in [3.05, 3.63) is 77.7 Å². The number of ether oxygens (including phenoxy) is 1. The van der Waals surface area contributed by atoms with E-state index in [1.54, 1.807) is 31.6 Å². The van der Waals surface area contributed by atoms with E-state index >= 15 is 0 Å². The summed E-state index contributed by atoms with van der Waals surface area (Å²) < 4.78 is 5.79. The fourth-order valence-electron chi connectivity index (χ4n) is 3.26. The molecule has 3 aromatic rings. The van der Waals surface area contributed by atoms with Gasteiger partial charge in [0, 0.05) is 42.7 Å². The fourth-order valence-corrected chi connectivity index (χ4v) is 3.26. The van der Waals surface area contributed by atoms with Crippen molar-refractivity contribution in [2.75, 3.05) is 0 Å². The van der Waals surface area contributed by atoms with Gasteiger partial charge < -0.3 is 10.1 Å². The van der Waals surface area contributed by atoms with Crippen LogP contribution in [0.1, 0.15) is 28.4 Å². The summed E-state index contributed by atoms with van der Waals surface area (Å²) in [5, 5.41) is 2.89. The van der Waals surface area contributed by atoms with Gasteiger partial charge in [-0.1, -0.05) is 18.2 Å². The zero-order valence-electron chi connectivity index (χ0n) is 15.4. The average Bonchev–Trinajstić information content (AvgIpc) is 3.17. The van der Waals surface area contributed by atoms with Crippen LogP contribution in [0, 0.1) is 0 Å². The van der Waals surface area contributed by atoms with E-state index in [1.807, 2.05) is 36.4 Å². The monoisotopic (exact) mass is 373 g/mol. The van der Waals surface area contributed by atoms with Gasteiger partial charge in [-0.25, -0.2) is 4.98 Å². The second-order valence-electron chi connectivity index (χ2n) is 6.66. The summed E-state index contributed by atoms with van der Waals surface area (Å²) >= 11 is 0. The van der Waals surface area contributed by atoms with E-state index in [4.69, 9.17) is 4.74 Å². The van der Waals surface area contributed by atoms with E-state index in [1.165, 1.54) is 0 Å². The molecule has 140 valence electrons. The van der Waals surface area contributed by atoms with Crippen LogP contribution in [0.15, 0.2) is 61.1 Å². The number of Topliss-reactive ketones (excluding diaryl/α,β-unsaturated/α-hetero) is 1. The molecule has 1 N–H and O–H groups in total. The summed E-state index contributed by atoms with van der Waals surface area (Å²) in [5.41, 5.74) is 4.34. The third-order valence-electron chi connectivity index (χ3n) is 4.75. The van der Waals surface area contributed by atoms with Gasteiger partial charge in [0.15, 0.2) is 11.9 Å². The lowest BCUT2D eigenvalue weighted by Crippen LogP contribution is -2.37. The number of carbonyl (C=O) groups is 2. The van der Waals surface area contributed by atoms with Crippen molar-refractivity contribution in [3.63, 3.8) is 0 Å². The number of hydrogen-bond donors (Lipinski definition) is 1. The molecule has 3 heterocycles. The highest BCUT2D eigenvalue weighted by molar-refractivity contribution is 5.95. The first-order chi connectivity index (χ1) is 13.6. The van der Waals surface area contributed by atoms with Crippen LogP contribution >= 0.6 is 0 Å². The number of fused-ring (bicyclic) bond motifs is 1. The van der Waals surface area contributed by atoms with Crippen LogP contribution in [0.4, 0.5) is 0 Å². The molecule has 0 fully saturated rings. The van der Waals surface area contributed by atoms with Crippen LogP contribution in [0.2, 0.25) is 0 Å². The van der Waals surface area contributed by atoms with Crippen molar-refractivity contribution in [2.45, 2.75) is 26.0 Å². The molecule has 0 spiro atoms. The van der Waals surface area contributed by atoms with E-state index in [9.17, 15) is 9.59 Å². The Hall–Kier alpha value is -3.54. The van der Waals surface area contributed by atoms with Crippen molar-refractivity contribution in [3.8, 4) is 17.0 Å². The Morgan fingerprint density at radius 2 is 1.96 bits per heavy atom. The molecule has 1 aliphatic heterocycles. The Labute approximate surface area is 162 Å². The molecule has 1 amide bonds. The van der Waals surface area contributed by atoms with Gasteiger partial charge in [-0.15, -0.1) is 0 Å². The summed E-state index contributed by atoms with van der Waals surface area (Å²) in [6.07, 6.45) is 4.85. The summed E-state index contributed by atoms with van der Waals surface area (Å²) in [5.74, 6) is 0.296. The largest absolute Gasteiger partial charge is 0.464 e. The van der Waals surface area contributed by atoms with E-state index in [-0.39, 0.29) is 11.7 Å². The summed E-state index contributed by atoms with van der Waals surface area (Å²) in [7, 11) is 0. The molecule has 1 atom stereocenters. The molecule has 28 heavy (non-hydrogen) atoms. The smallest absolute Gasteiger partial charge is 0.261 e. The van der Waals surface area contributed by atoms with Crippen molar-refractivity contribution in [1.82, 2.24) is 15.3 Å². The minimum atomic E-state index is -0.624. The summed E-state index contributed by atoms with van der Waals surface area (Å²) in [4.78, 5) is 32.5. The van der Waals surface area contributed by atoms with E-state index in [2.05, 4.69) is 15.3 Å². The zero-order chi connectivity index (χ0) is 19.5. The topological polar surface area (TPSA) is 81.2 Å². The van der Waals surface area contributed by atoms with Crippen LogP contribution < -0.4 is 10.1 Å². The molecule has 0 aliphatic carbocycles. The number of nitrogens with one attached hydrogen (secondary N) is 1. The number of ketones is 1. The van der Waals surface area contributed by atoms with Gasteiger partial charge in [0.1, 0.15) is 0 Å². The van der Waals surface area contributed by atoms with Crippen molar-refractivity contribution >= 4 is 11.7 Å². The van der Waals surface area contributed by atoms with Crippen molar-refractivity contribution in [2.24, 2.45) is 0 Å². The third-order valence-corrected chi connectivity index (χ3v) is 4.75. The SMILES string of the molecule is CC(=O)c1cccc(-c2ccnc3c2CC(C(=O)NCc2ccncc2)O3)c1. The van der Waals surface area contributed by atoms with Crippen LogP contribution in [0.25, 0.3) is 11.1 Å². The fraction of sp³-hybridized carbons (Fsp3) is 0.182. The second kappa shape index (κ2) is 7.60. The lowest BCUT2D eigenvalue weighted by Gasteiger charge is -2.10. The Morgan fingerprint density at radius 3 is 2.75 bits per heavy atom. The maximum absolute atomic E-state index is 12.6. The molecule has 0 saturated carbocycles. The Balaban J connectivity index is 1.52. The quantitative estimate of drug-likeness (QED) is 0.696. The Kier molecular flexibility index (Phi) is 4.85. The van der Waals surface area contributed by atoms with E-state index < -0.39 is 6.10 Å². The number of nitrogens with zero attached hydrogens (tertiary/aromatic N) is 2. The Morgan fingerprint density at radius 1 is 1.14 bits per heavy atom. The molecule has 1 aliphatic rings. The predicted octanol–water partition coefficient (Wildman–Crippen LogP) is 2.97. The molecule has 0 saturated heterocycles. The lowest BCUT2D eigenvalue weighted by atomic mass is 9.96. The van der Waals surface area contributed by atoms with Crippen molar-refractivity contribution in [1.29, 1.82) is 0 Å². The third kappa shape index (κ3) is 3.62. The maximum atomic E-state index is 12.6. The highest BCUT2D eigenvalue weighted by atomic mass is 16.5. The number of carbonyl (C=O) groups excluding carboxylic acids is 2. The molecule has 0 bridgehead atoms. The molecule has 4 rings (SSSR count). The number of pyridine rings is 2. The number of rotatable bonds is 5. The van der Waals surface area contributed by atoms with E-state index in [0.29, 0.717) is 24.4 Å². The molecule has 1 unspecified atom stereocenters. The minimum Gasteiger partial charge on any atom is -0.464 e. The summed E-state index contributed by atoms with van der Waals surface area (Å²) in [6, 6.07) is 13.0. The number of hydrogen-bond acceptors (Lipinski definition) is 5. The highest BCUT2D eigenvalue weighted by Crippen LogP contribution is 2.35. The zero-order valence-corrected chi connectivity index (χ0v) is 15.4. The Bertz CT molecular complexity index is 1030. The van der Waals surface area contributed by atoms with Crippen LogP contribution in [0.3, 0.4) is 0 Å².